The molecule has 0 aromatic heterocycles. The maximum absolute atomic E-state index is 12.7. The van der Waals surface area contributed by atoms with E-state index >= 15 is 0 Å². The zero-order chi connectivity index (χ0) is 42.8. The molecule has 3 saturated carbocycles. The molecule has 61 heavy (non-hydrogen) atoms. The first-order valence-corrected chi connectivity index (χ1v) is 23.4. The molecule has 13 nitrogen and oxygen atoms in total. The number of hydrogen-bond donors (Lipinski definition) is 3. The number of nitrogens with zero attached hydrogens (tertiary/aromatic N) is 1. The first-order valence-electron chi connectivity index (χ1n) is 23.4. The minimum atomic E-state index is -0.878. The summed E-state index contributed by atoms with van der Waals surface area (Å²) >= 11 is 0. The molecule has 340 valence electrons. The summed E-state index contributed by atoms with van der Waals surface area (Å²) in [6, 6.07) is 10.4. The second kappa shape index (κ2) is 17.4. The standard InChI is InChI=1S/C48H71NO12/c1-27-24-49(25-31-10-8-7-9-11-31)19-16-40(55-27)60-43-28(2)57-42(23-38(43)51)61-44-29(3)56-41(22-37(44)50)59-34-14-17-46(5)33(21-34)12-13-36-45(46)58-30(4)47(6)35(15-18-48(36,47)53)32-20-39(52)54-26-32/h7-11,20,27-30,33-38,40-45,50-51,53H,12-19,21-26H2,1-6H3/t27?,28-,29-,30-,33?,34-,35+,36?,37-,38-,40?,41-,42-,43+,44+,45?,46-,47+,48-/m0/s1. The number of aliphatic hydroxyl groups is 3. The molecule has 0 amide bonds. The van der Waals surface area contributed by atoms with E-state index < -0.39 is 66.5 Å². The van der Waals surface area contributed by atoms with Gasteiger partial charge in [0.15, 0.2) is 18.9 Å². The molecular formula is C48H71NO12. The van der Waals surface area contributed by atoms with Crippen LogP contribution < -0.4 is 0 Å². The fourth-order valence-electron chi connectivity index (χ4n) is 13.4. The molecule has 5 unspecified atom stereocenters. The number of esters is 1. The van der Waals surface area contributed by atoms with Gasteiger partial charge in [0, 0.05) is 56.3 Å². The van der Waals surface area contributed by atoms with Crippen molar-refractivity contribution < 1.29 is 58.0 Å². The number of cyclic esters (lactones) is 1. The van der Waals surface area contributed by atoms with Crippen LogP contribution in [0.1, 0.15) is 111 Å². The molecule has 0 bridgehead atoms. The van der Waals surface area contributed by atoms with E-state index in [0.717, 1.165) is 63.7 Å². The molecule has 0 spiro atoms. The van der Waals surface area contributed by atoms with Crippen LogP contribution in [0.15, 0.2) is 42.0 Å². The minimum absolute atomic E-state index is 0.0180. The van der Waals surface area contributed by atoms with Crippen LogP contribution >= 0.6 is 0 Å². The topological polar surface area (TPSA) is 155 Å². The third kappa shape index (κ3) is 8.30. The fraction of sp³-hybridized carbons (Fsp3) is 0.812. The second-order valence-corrected chi connectivity index (χ2v) is 20.5. The summed E-state index contributed by atoms with van der Waals surface area (Å²) in [5.41, 5.74) is 0.779. The fourth-order valence-corrected chi connectivity index (χ4v) is 13.4. The van der Waals surface area contributed by atoms with Gasteiger partial charge in [-0.1, -0.05) is 44.2 Å². The summed E-state index contributed by atoms with van der Waals surface area (Å²) in [4.78, 5) is 14.4. The van der Waals surface area contributed by atoms with Gasteiger partial charge in [-0.15, -0.1) is 0 Å². The number of ether oxygens (including phenoxy) is 8. The average molecular weight is 854 g/mol. The molecular weight excluding hydrogens is 783 g/mol. The van der Waals surface area contributed by atoms with E-state index in [1.165, 1.54) is 5.56 Å². The molecule has 9 rings (SSSR count). The molecule has 1 aromatic carbocycles. The lowest BCUT2D eigenvalue weighted by atomic mass is 9.48. The Labute approximate surface area is 361 Å². The SMILES string of the molecule is CC1CN(Cc2ccccc2)CCC(O[C@@H]2[C@H](C)O[C@@H](O[C@@H]3[C@H](C)O[C@@H](O[C@H]4CC[C@@]5(C)C(CCC6C5O[C@@H](C)[C@]5(C)[C@@H](C7=CC(=O)OC7)CC[C@]65O)C4)C[C@@H]3O)C[C@@H]2O)O1. The number of fused-ring (bicyclic) bond motifs is 5. The maximum atomic E-state index is 12.7. The van der Waals surface area contributed by atoms with Crippen LogP contribution in [0.25, 0.3) is 0 Å². The number of hydrogen-bond acceptors (Lipinski definition) is 13. The summed E-state index contributed by atoms with van der Waals surface area (Å²) in [6.07, 6.45) is 2.95. The summed E-state index contributed by atoms with van der Waals surface area (Å²) in [5.74, 6) is 0.162. The van der Waals surface area contributed by atoms with Gasteiger partial charge in [0.05, 0.1) is 54.4 Å². The van der Waals surface area contributed by atoms with E-state index in [1.807, 2.05) is 19.9 Å². The highest BCUT2D eigenvalue weighted by molar-refractivity contribution is 5.85. The number of carbonyl (C=O) groups excluding carboxylic acids is 1. The summed E-state index contributed by atoms with van der Waals surface area (Å²) < 4.78 is 50.7. The van der Waals surface area contributed by atoms with Crippen LogP contribution in [0.4, 0.5) is 0 Å². The highest BCUT2D eigenvalue weighted by Crippen LogP contribution is 2.68. The van der Waals surface area contributed by atoms with E-state index in [-0.39, 0.29) is 60.5 Å². The zero-order valence-electron chi connectivity index (χ0n) is 37.1. The first kappa shape index (κ1) is 44.2. The average Bonchev–Trinajstić information content (AvgIpc) is 3.71. The van der Waals surface area contributed by atoms with Crippen LogP contribution in [0.2, 0.25) is 0 Å². The summed E-state index contributed by atoms with van der Waals surface area (Å²) in [6.45, 7) is 15.3. The van der Waals surface area contributed by atoms with E-state index in [0.29, 0.717) is 25.4 Å². The quantitative estimate of drug-likeness (QED) is 0.215. The Bertz CT molecular complexity index is 1710. The van der Waals surface area contributed by atoms with Crippen LogP contribution in [0.5, 0.6) is 0 Å². The van der Waals surface area contributed by atoms with Gasteiger partial charge in [-0.3, -0.25) is 4.90 Å². The van der Waals surface area contributed by atoms with E-state index in [2.05, 4.69) is 56.9 Å². The summed E-state index contributed by atoms with van der Waals surface area (Å²) in [7, 11) is 0. The van der Waals surface area contributed by atoms with Crippen molar-refractivity contribution in [2.75, 3.05) is 19.7 Å². The van der Waals surface area contributed by atoms with Crippen LogP contribution in [-0.2, 0) is 49.2 Å². The molecule has 3 aliphatic carbocycles. The van der Waals surface area contributed by atoms with Gasteiger partial charge in [0.2, 0.25) is 0 Å². The Morgan fingerprint density at radius 3 is 2.15 bits per heavy atom. The predicted molar refractivity (Wildman–Crippen MR) is 223 cm³/mol. The van der Waals surface area contributed by atoms with E-state index in [9.17, 15) is 20.1 Å². The Kier molecular flexibility index (Phi) is 12.6. The number of carbonyl (C=O) groups is 1. The van der Waals surface area contributed by atoms with Crippen molar-refractivity contribution in [3.05, 3.63) is 47.5 Å². The smallest absolute Gasteiger partial charge is 0.331 e. The number of rotatable bonds is 9. The third-order valence-corrected chi connectivity index (χ3v) is 16.8. The third-order valence-electron chi connectivity index (χ3n) is 16.8. The van der Waals surface area contributed by atoms with Crippen LogP contribution in [0.3, 0.4) is 0 Å². The van der Waals surface area contributed by atoms with E-state index in [4.69, 9.17) is 37.9 Å². The maximum Gasteiger partial charge on any atom is 0.331 e. The predicted octanol–water partition coefficient (Wildman–Crippen LogP) is 5.41. The molecule has 3 N–H and O–H groups in total. The largest absolute Gasteiger partial charge is 0.458 e. The Morgan fingerprint density at radius 2 is 1.48 bits per heavy atom. The van der Waals surface area contributed by atoms with Crippen LogP contribution in [0, 0.1) is 28.6 Å². The van der Waals surface area contributed by atoms with Gasteiger partial charge in [0.25, 0.3) is 0 Å². The van der Waals surface area contributed by atoms with Gasteiger partial charge in [-0.05, 0) is 101 Å². The molecule has 4 saturated heterocycles. The molecule has 13 heteroatoms. The second-order valence-electron chi connectivity index (χ2n) is 20.5. The lowest BCUT2D eigenvalue weighted by Gasteiger charge is -2.65. The highest BCUT2D eigenvalue weighted by atomic mass is 16.7. The number of aliphatic hydroxyl groups excluding tert-OH is 2. The monoisotopic (exact) mass is 853 g/mol. The molecule has 0 radical (unpaired) electrons. The lowest BCUT2D eigenvalue weighted by Crippen LogP contribution is -2.69. The Balaban J connectivity index is 0.750. The lowest BCUT2D eigenvalue weighted by molar-refractivity contribution is -0.331. The van der Waals surface area contributed by atoms with Crippen molar-refractivity contribution in [1.82, 2.24) is 4.90 Å². The molecule has 7 fully saturated rings. The van der Waals surface area contributed by atoms with Crippen molar-refractivity contribution in [2.24, 2.45) is 28.6 Å². The zero-order valence-corrected chi connectivity index (χ0v) is 37.1. The Hall–Kier alpha value is -2.01. The molecule has 5 aliphatic heterocycles. The molecule has 19 atom stereocenters. The molecule has 8 aliphatic rings. The minimum Gasteiger partial charge on any atom is -0.458 e. The van der Waals surface area contributed by atoms with Gasteiger partial charge in [-0.25, -0.2) is 4.79 Å². The van der Waals surface area contributed by atoms with E-state index in [1.54, 1.807) is 6.08 Å². The van der Waals surface area contributed by atoms with Crippen LogP contribution in [-0.4, -0.2) is 131 Å². The van der Waals surface area contributed by atoms with Crippen molar-refractivity contribution in [3.8, 4) is 0 Å². The molecule has 5 heterocycles. The molecule has 1 aromatic rings. The normalized spacial score (nSPS) is 49.3. The Morgan fingerprint density at radius 1 is 0.787 bits per heavy atom. The van der Waals surface area contributed by atoms with Gasteiger partial charge >= 0.3 is 5.97 Å². The van der Waals surface area contributed by atoms with Crippen molar-refractivity contribution >= 4 is 5.97 Å². The van der Waals surface area contributed by atoms with Crippen molar-refractivity contribution in [2.45, 2.75) is 198 Å². The van der Waals surface area contributed by atoms with Gasteiger partial charge < -0.3 is 53.2 Å². The summed E-state index contributed by atoms with van der Waals surface area (Å²) in [5, 5.41) is 35.4. The van der Waals surface area contributed by atoms with Gasteiger partial charge in [0.1, 0.15) is 18.8 Å². The highest BCUT2D eigenvalue weighted by Gasteiger charge is 2.71. The first-order chi connectivity index (χ1) is 29.1. The number of benzene rings is 1. The van der Waals surface area contributed by atoms with Crippen molar-refractivity contribution in [1.29, 1.82) is 0 Å². The van der Waals surface area contributed by atoms with Gasteiger partial charge in [-0.2, -0.15) is 0 Å². The van der Waals surface area contributed by atoms with Crippen molar-refractivity contribution in [3.63, 3.8) is 0 Å².